The van der Waals surface area contributed by atoms with Crippen molar-refractivity contribution in [1.29, 1.82) is 0 Å². The molecule has 0 bridgehead atoms. The van der Waals surface area contributed by atoms with E-state index in [1.807, 2.05) is 4.83 Å². The van der Waals surface area contributed by atoms with Gasteiger partial charge in [0.1, 0.15) is 12.1 Å². The highest BCUT2D eigenvalue weighted by Crippen LogP contribution is 2.27. The molecule has 14 heteroatoms. The van der Waals surface area contributed by atoms with Crippen LogP contribution in [-0.2, 0) is 41.7 Å². The van der Waals surface area contributed by atoms with E-state index in [-0.39, 0.29) is 5.56 Å². The van der Waals surface area contributed by atoms with Crippen molar-refractivity contribution in [2.45, 2.75) is 56.3 Å². The quantitative estimate of drug-likeness (QED) is 0.257. The first-order valence-electron chi connectivity index (χ1n) is 11.1. The molecule has 37 heavy (non-hydrogen) atoms. The van der Waals surface area contributed by atoms with Crippen LogP contribution >= 0.6 is 0 Å². The number of carbonyl (C=O) groups excluding carboxylic acids is 2. The standard InChI is InChI=1S/C23H28N2O10S2/c1-14-10-12-18(13-11-14)36(28,29)37(30,31)25-24-19-20(34-16(3)26)15(2)33-23(32-4)21(19)35-22(27)17-8-6-5-7-9-17/h5-13,15,19-21,23-25H,1-4H3/t15-,19-,20-,21+,23+/m0/s1. The largest absolute Gasteiger partial charge is 0.458 e. The van der Waals surface area contributed by atoms with Crippen LogP contribution in [0.4, 0.5) is 0 Å². The minimum Gasteiger partial charge on any atom is -0.458 e. The number of carbonyl (C=O) groups is 2. The van der Waals surface area contributed by atoms with E-state index in [1.54, 1.807) is 25.1 Å². The second-order valence-corrected chi connectivity index (χ2v) is 13.4. The van der Waals surface area contributed by atoms with Crippen LogP contribution < -0.4 is 10.3 Å². The summed E-state index contributed by atoms with van der Waals surface area (Å²) in [5.74, 6) is -1.53. The van der Waals surface area contributed by atoms with Gasteiger partial charge in [0.25, 0.3) is 8.87 Å². The van der Waals surface area contributed by atoms with Crippen LogP contribution in [0.25, 0.3) is 0 Å². The summed E-state index contributed by atoms with van der Waals surface area (Å²) in [5.41, 5.74) is 3.29. The zero-order valence-electron chi connectivity index (χ0n) is 20.5. The van der Waals surface area contributed by atoms with Crippen molar-refractivity contribution < 1.29 is 45.4 Å². The number of esters is 2. The number of hydrogen-bond donors (Lipinski definition) is 2. The van der Waals surface area contributed by atoms with Gasteiger partial charge in [-0.25, -0.2) is 18.6 Å². The second-order valence-electron chi connectivity index (χ2n) is 8.25. The first kappa shape index (κ1) is 28.7. The normalized spacial score (nSPS) is 24.3. The number of nitrogens with one attached hydrogen (secondary N) is 2. The molecule has 0 radical (unpaired) electrons. The molecule has 0 saturated carbocycles. The maximum atomic E-state index is 12.9. The first-order valence-corrected chi connectivity index (χ1v) is 14.6. The molecule has 202 valence electrons. The van der Waals surface area contributed by atoms with Gasteiger partial charge in [0.2, 0.25) is 0 Å². The lowest BCUT2D eigenvalue weighted by Gasteiger charge is -2.44. The summed E-state index contributed by atoms with van der Waals surface area (Å²) in [7, 11) is -8.69. The van der Waals surface area contributed by atoms with E-state index in [4.69, 9.17) is 18.9 Å². The Hall–Kier alpha value is -2.88. The highest BCUT2D eigenvalue weighted by atomic mass is 33.2. The molecule has 0 aliphatic carbocycles. The van der Waals surface area contributed by atoms with Gasteiger partial charge in [-0.05, 0) is 38.1 Å². The molecule has 12 nitrogen and oxygen atoms in total. The minimum atomic E-state index is -5.07. The van der Waals surface area contributed by atoms with Gasteiger partial charge < -0.3 is 18.9 Å². The number of hydrazine groups is 1. The summed E-state index contributed by atoms with van der Waals surface area (Å²) < 4.78 is 73.2. The predicted molar refractivity (Wildman–Crippen MR) is 130 cm³/mol. The van der Waals surface area contributed by atoms with Gasteiger partial charge in [0.05, 0.1) is 16.6 Å². The van der Waals surface area contributed by atoms with Crippen LogP contribution in [0.5, 0.6) is 0 Å². The van der Waals surface area contributed by atoms with Crippen molar-refractivity contribution in [2.24, 2.45) is 0 Å². The monoisotopic (exact) mass is 556 g/mol. The highest BCUT2D eigenvalue weighted by molar-refractivity contribution is 8.66. The maximum absolute atomic E-state index is 12.9. The number of aryl methyl sites for hydroxylation is 1. The molecule has 0 aromatic heterocycles. The Bertz CT molecular complexity index is 1320. The Labute approximate surface area is 214 Å². The molecular weight excluding hydrogens is 528 g/mol. The third-order valence-corrected chi connectivity index (χ3v) is 9.88. The molecule has 2 aromatic carbocycles. The molecule has 1 fully saturated rings. The highest BCUT2D eigenvalue weighted by Gasteiger charge is 2.49. The Morgan fingerprint density at radius 1 is 0.919 bits per heavy atom. The van der Waals surface area contributed by atoms with Gasteiger partial charge in [-0.3, -0.25) is 4.79 Å². The fraction of sp³-hybridized carbons (Fsp3) is 0.391. The van der Waals surface area contributed by atoms with Crippen LogP contribution in [0.2, 0.25) is 0 Å². The zero-order valence-corrected chi connectivity index (χ0v) is 22.1. The van der Waals surface area contributed by atoms with Gasteiger partial charge in [-0.15, -0.1) is 4.83 Å². The summed E-state index contributed by atoms with van der Waals surface area (Å²) in [6.07, 6.45) is -4.66. The average Bonchev–Trinajstić information content (AvgIpc) is 2.85. The second kappa shape index (κ2) is 11.7. The van der Waals surface area contributed by atoms with Gasteiger partial charge in [-0.2, -0.15) is 8.42 Å². The van der Waals surface area contributed by atoms with E-state index >= 15 is 0 Å². The topological polar surface area (TPSA) is 163 Å². The third kappa shape index (κ3) is 6.52. The molecule has 2 N–H and O–H groups in total. The smallest absolute Gasteiger partial charge is 0.338 e. The van der Waals surface area contributed by atoms with E-state index in [0.29, 0.717) is 0 Å². The number of benzene rings is 2. The van der Waals surface area contributed by atoms with Crippen LogP contribution in [0.3, 0.4) is 0 Å². The zero-order chi connectivity index (χ0) is 27.4. The van der Waals surface area contributed by atoms with E-state index in [9.17, 15) is 26.4 Å². The fourth-order valence-electron chi connectivity index (χ4n) is 3.65. The Morgan fingerprint density at radius 2 is 1.54 bits per heavy atom. The van der Waals surface area contributed by atoms with Gasteiger partial charge in [0, 0.05) is 14.0 Å². The fourth-order valence-corrected chi connectivity index (χ4v) is 6.33. The molecule has 1 aliphatic rings. The molecule has 1 saturated heterocycles. The average molecular weight is 557 g/mol. The van der Waals surface area contributed by atoms with Gasteiger partial charge >= 0.3 is 21.0 Å². The Balaban J connectivity index is 1.93. The molecule has 1 aliphatic heterocycles. The number of rotatable bonds is 9. The molecule has 2 aromatic rings. The molecule has 3 rings (SSSR count). The van der Waals surface area contributed by atoms with Crippen LogP contribution in [0.15, 0.2) is 59.5 Å². The third-order valence-electron chi connectivity index (χ3n) is 5.52. The number of ether oxygens (including phenoxy) is 4. The summed E-state index contributed by atoms with van der Waals surface area (Å²) in [4.78, 5) is 26.0. The van der Waals surface area contributed by atoms with Crippen molar-refractivity contribution in [3.05, 3.63) is 65.7 Å². The van der Waals surface area contributed by atoms with Crippen molar-refractivity contribution in [1.82, 2.24) is 10.3 Å². The summed E-state index contributed by atoms with van der Waals surface area (Å²) in [6.45, 7) is 4.37. The lowest BCUT2D eigenvalue weighted by Crippen LogP contribution is -2.67. The Kier molecular flexibility index (Phi) is 9.05. The van der Waals surface area contributed by atoms with Crippen LogP contribution in [-0.4, -0.2) is 66.5 Å². The van der Waals surface area contributed by atoms with E-state index < -0.39 is 65.4 Å². The van der Waals surface area contributed by atoms with Gasteiger partial charge in [-0.1, -0.05) is 35.9 Å². The number of hydrogen-bond acceptors (Lipinski definition) is 11. The van der Waals surface area contributed by atoms with Gasteiger partial charge in [0.15, 0.2) is 12.4 Å². The van der Waals surface area contributed by atoms with Crippen molar-refractivity contribution in [3.8, 4) is 0 Å². The Morgan fingerprint density at radius 3 is 2.11 bits per heavy atom. The molecule has 1 heterocycles. The summed E-state index contributed by atoms with van der Waals surface area (Å²) >= 11 is 0. The van der Waals surface area contributed by atoms with Crippen LogP contribution in [0.1, 0.15) is 29.8 Å². The van der Waals surface area contributed by atoms with E-state index in [1.165, 1.54) is 38.3 Å². The number of methoxy groups -OCH3 is 1. The maximum Gasteiger partial charge on any atom is 0.338 e. The lowest BCUT2D eigenvalue weighted by atomic mass is 9.97. The van der Waals surface area contributed by atoms with E-state index in [0.717, 1.165) is 24.6 Å². The van der Waals surface area contributed by atoms with Crippen molar-refractivity contribution in [2.75, 3.05) is 7.11 Å². The summed E-state index contributed by atoms with van der Waals surface area (Å²) in [6, 6.07) is 11.8. The molecular formula is C23H28N2O10S2. The molecule has 0 spiro atoms. The SMILES string of the molecule is CO[C@@H]1O[C@@H](C)[C@H](OC(C)=O)[C@H](NNS(=O)(=O)S(=O)(=O)c2ccc(C)cc2)[C@H]1OC(=O)c1ccccc1. The molecule has 0 amide bonds. The van der Waals surface area contributed by atoms with E-state index in [2.05, 4.69) is 5.43 Å². The van der Waals surface area contributed by atoms with Crippen molar-refractivity contribution >= 4 is 29.9 Å². The summed E-state index contributed by atoms with van der Waals surface area (Å²) in [5, 5.41) is 0. The molecule has 5 atom stereocenters. The lowest BCUT2D eigenvalue weighted by molar-refractivity contribution is -0.265. The molecule has 0 unspecified atom stereocenters. The predicted octanol–water partition coefficient (Wildman–Crippen LogP) is 1.02. The minimum absolute atomic E-state index is 0.182. The van der Waals surface area contributed by atoms with Crippen LogP contribution in [0, 0.1) is 6.92 Å². The first-order chi connectivity index (χ1) is 17.4. The van der Waals surface area contributed by atoms with Crippen molar-refractivity contribution in [3.63, 3.8) is 0 Å².